The van der Waals surface area contributed by atoms with Crippen molar-refractivity contribution in [2.45, 2.75) is 38.3 Å². The molecule has 34 heavy (non-hydrogen) atoms. The second-order valence-corrected chi connectivity index (χ2v) is 10.0. The van der Waals surface area contributed by atoms with Crippen LogP contribution in [0.15, 0.2) is 30.3 Å². The van der Waals surface area contributed by atoms with Crippen molar-refractivity contribution in [3.8, 4) is 5.75 Å². The van der Waals surface area contributed by atoms with Crippen LogP contribution in [-0.2, 0) is 15.9 Å². The fourth-order valence-corrected chi connectivity index (χ4v) is 5.73. The molecule has 2 unspecified atom stereocenters. The smallest absolute Gasteiger partial charge is 0.198 e. The van der Waals surface area contributed by atoms with E-state index in [9.17, 15) is 9.59 Å². The molecule has 2 atom stereocenters. The SMILES string of the molecule is CC1(C)OC2Cc3c(ccc4c3C(=O)c3cccc(OCCN(CCCl)CCCl)c3C4=O)C2O1. The summed E-state index contributed by atoms with van der Waals surface area (Å²) in [6, 6.07) is 8.84. The minimum Gasteiger partial charge on any atom is -0.491 e. The number of ketones is 2. The van der Waals surface area contributed by atoms with Crippen LogP contribution in [0.3, 0.4) is 0 Å². The van der Waals surface area contributed by atoms with Gasteiger partial charge in [0.05, 0.1) is 11.7 Å². The van der Waals surface area contributed by atoms with E-state index < -0.39 is 5.79 Å². The molecule has 3 aliphatic rings. The van der Waals surface area contributed by atoms with E-state index in [4.69, 9.17) is 37.4 Å². The van der Waals surface area contributed by atoms with Gasteiger partial charge in [-0.25, -0.2) is 0 Å². The van der Waals surface area contributed by atoms with Crippen LogP contribution in [0.2, 0.25) is 0 Å². The minimum absolute atomic E-state index is 0.153. The van der Waals surface area contributed by atoms with Crippen molar-refractivity contribution in [3.63, 3.8) is 0 Å². The lowest BCUT2D eigenvalue weighted by atomic mass is 9.80. The van der Waals surface area contributed by atoms with Crippen molar-refractivity contribution in [2.75, 3.05) is 38.0 Å². The Labute approximate surface area is 209 Å². The zero-order valence-electron chi connectivity index (χ0n) is 19.2. The molecule has 0 amide bonds. The Kier molecular flexibility index (Phi) is 6.46. The summed E-state index contributed by atoms with van der Waals surface area (Å²) in [6.45, 7) is 6.16. The van der Waals surface area contributed by atoms with E-state index >= 15 is 0 Å². The molecule has 0 bridgehead atoms. The molecule has 1 fully saturated rings. The predicted molar refractivity (Wildman–Crippen MR) is 130 cm³/mol. The van der Waals surface area contributed by atoms with Crippen molar-refractivity contribution in [3.05, 3.63) is 63.7 Å². The first-order chi connectivity index (χ1) is 16.3. The van der Waals surface area contributed by atoms with Gasteiger partial charge >= 0.3 is 0 Å². The molecule has 0 radical (unpaired) electrons. The summed E-state index contributed by atoms with van der Waals surface area (Å²) in [7, 11) is 0. The Hall–Kier alpha value is -1.96. The lowest BCUT2D eigenvalue weighted by molar-refractivity contribution is -0.148. The molecule has 0 spiro atoms. The van der Waals surface area contributed by atoms with Gasteiger partial charge in [-0.15, -0.1) is 23.2 Å². The summed E-state index contributed by atoms with van der Waals surface area (Å²) in [6.07, 6.45) is 0.172. The summed E-state index contributed by atoms with van der Waals surface area (Å²) in [4.78, 5) is 29.3. The Morgan fingerprint density at radius 2 is 1.68 bits per heavy atom. The van der Waals surface area contributed by atoms with Crippen LogP contribution in [0.4, 0.5) is 0 Å². The monoisotopic (exact) mass is 503 g/mol. The first-order valence-electron chi connectivity index (χ1n) is 11.6. The number of hydrogen-bond donors (Lipinski definition) is 0. The van der Waals surface area contributed by atoms with E-state index in [1.54, 1.807) is 24.3 Å². The van der Waals surface area contributed by atoms with Gasteiger partial charge in [0, 0.05) is 54.5 Å². The van der Waals surface area contributed by atoms with Crippen LogP contribution < -0.4 is 4.74 Å². The largest absolute Gasteiger partial charge is 0.491 e. The van der Waals surface area contributed by atoms with Gasteiger partial charge in [-0.1, -0.05) is 18.2 Å². The summed E-state index contributed by atoms with van der Waals surface area (Å²) in [5.74, 6) is 0.411. The van der Waals surface area contributed by atoms with Crippen LogP contribution >= 0.6 is 23.2 Å². The van der Waals surface area contributed by atoms with Crippen LogP contribution in [0.25, 0.3) is 0 Å². The van der Waals surface area contributed by atoms with Gasteiger partial charge in [0.1, 0.15) is 18.5 Å². The third-order valence-electron chi connectivity index (χ3n) is 6.68. The molecule has 0 aromatic heterocycles. The highest BCUT2D eigenvalue weighted by atomic mass is 35.5. The third kappa shape index (κ3) is 4.06. The molecule has 2 aromatic rings. The van der Waals surface area contributed by atoms with E-state index in [0.29, 0.717) is 72.4 Å². The number of rotatable bonds is 8. The van der Waals surface area contributed by atoms with Gasteiger partial charge in [-0.3, -0.25) is 14.5 Å². The summed E-state index contributed by atoms with van der Waals surface area (Å²) >= 11 is 11.7. The van der Waals surface area contributed by atoms with E-state index in [2.05, 4.69) is 4.90 Å². The molecule has 0 N–H and O–H groups in total. The summed E-state index contributed by atoms with van der Waals surface area (Å²) in [5, 5.41) is 0. The van der Waals surface area contributed by atoms with Gasteiger partial charge in [0.15, 0.2) is 17.4 Å². The number of benzene rings is 2. The molecule has 180 valence electrons. The van der Waals surface area contributed by atoms with Crippen LogP contribution in [-0.4, -0.2) is 66.4 Å². The number of alkyl halides is 2. The van der Waals surface area contributed by atoms with E-state index in [1.165, 1.54) is 0 Å². The lowest BCUT2D eigenvalue weighted by Gasteiger charge is -2.24. The average Bonchev–Trinajstić information content (AvgIpc) is 3.28. The number of ether oxygens (including phenoxy) is 3. The van der Waals surface area contributed by atoms with Crippen molar-refractivity contribution < 1.29 is 23.8 Å². The van der Waals surface area contributed by atoms with Crippen molar-refractivity contribution >= 4 is 34.8 Å². The van der Waals surface area contributed by atoms with Crippen molar-refractivity contribution in [1.29, 1.82) is 0 Å². The minimum atomic E-state index is -0.662. The van der Waals surface area contributed by atoms with Crippen molar-refractivity contribution in [1.82, 2.24) is 4.90 Å². The molecule has 6 nitrogen and oxygen atoms in total. The summed E-state index contributed by atoms with van der Waals surface area (Å²) in [5.41, 5.74) is 3.38. The Morgan fingerprint density at radius 1 is 0.971 bits per heavy atom. The summed E-state index contributed by atoms with van der Waals surface area (Å²) < 4.78 is 18.1. The number of nitrogens with zero attached hydrogens (tertiary/aromatic N) is 1. The third-order valence-corrected chi connectivity index (χ3v) is 7.02. The molecule has 1 saturated heterocycles. The predicted octanol–water partition coefficient (Wildman–Crippen LogP) is 4.37. The molecular weight excluding hydrogens is 477 g/mol. The van der Waals surface area contributed by atoms with Crippen LogP contribution in [0.5, 0.6) is 5.75 Å². The molecule has 2 aromatic carbocycles. The van der Waals surface area contributed by atoms with E-state index in [-0.39, 0.29) is 23.8 Å². The van der Waals surface area contributed by atoms with Gasteiger partial charge in [-0.05, 0) is 37.1 Å². The zero-order chi connectivity index (χ0) is 24.0. The van der Waals surface area contributed by atoms with Crippen LogP contribution in [0.1, 0.15) is 62.9 Å². The molecule has 1 aliphatic heterocycles. The first kappa shape index (κ1) is 23.8. The standard InChI is InChI=1S/C26H27Cl2NO5/c1-26(2)33-20-14-18-15(25(20)34-26)6-7-17-21(18)23(30)16-4-3-5-19(22(16)24(17)31)32-13-12-29(10-8-27)11-9-28/h3-7,20,25H,8-14H2,1-2H3. The quantitative estimate of drug-likeness (QED) is 0.425. The van der Waals surface area contributed by atoms with E-state index in [1.807, 2.05) is 19.9 Å². The van der Waals surface area contributed by atoms with Gasteiger partial charge < -0.3 is 14.2 Å². The Balaban J connectivity index is 1.43. The number of carbonyl (C=O) groups is 2. The van der Waals surface area contributed by atoms with Crippen molar-refractivity contribution in [2.24, 2.45) is 0 Å². The second kappa shape index (κ2) is 9.25. The fourth-order valence-electron chi connectivity index (χ4n) is 5.25. The molecule has 8 heteroatoms. The van der Waals surface area contributed by atoms with Crippen LogP contribution in [0, 0.1) is 0 Å². The fraction of sp³-hybridized carbons (Fsp3) is 0.462. The first-order valence-corrected chi connectivity index (χ1v) is 12.6. The zero-order valence-corrected chi connectivity index (χ0v) is 20.7. The number of halogens is 2. The normalized spacial score (nSPS) is 21.9. The van der Waals surface area contributed by atoms with Gasteiger partial charge in [0.25, 0.3) is 0 Å². The van der Waals surface area contributed by atoms with Gasteiger partial charge in [-0.2, -0.15) is 0 Å². The molecular formula is C26H27Cl2NO5. The Bertz CT molecular complexity index is 1140. The maximum atomic E-state index is 13.6. The lowest BCUT2D eigenvalue weighted by Crippen LogP contribution is -2.32. The maximum Gasteiger partial charge on any atom is 0.198 e. The highest BCUT2D eigenvalue weighted by molar-refractivity contribution is 6.30. The molecule has 5 rings (SSSR count). The number of carbonyl (C=O) groups excluding carboxylic acids is 2. The molecule has 1 heterocycles. The average molecular weight is 504 g/mol. The van der Waals surface area contributed by atoms with Gasteiger partial charge in [0.2, 0.25) is 0 Å². The second-order valence-electron chi connectivity index (χ2n) is 9.26. The number of fused-ring (bicyclic) bond motifs is 6. The molecule has 2 aliphatic carbocycles. The van der Waals surface area contributed by atoms with E-state index in [0.717, 1.165) is 11.1 Å². The number of hydrogen-bond acceptors (Lipinski definition) is 6. The molecule has 0 saturated carbocycles. The topological polar surface area (TPSA) is 65.1 Å². The highest BCUT2D eigenvalue weighted by Gasteiger charge is 2.49. The maximum absolute atomic E-state index is 13.6. The Morgan fingerprint density at radius 3 is 2.41 bits per heavy atom. The highest BCUT2D eigenvalue weighted by Crippen LogP contribution is 2.48.